The Balaban J connectivity index is 1.58. The molecule has 1 aliphatic heterocycles. The molecule has 0 bridgehead atoms. The zero-order valence-electron chi connectivity index (χ0n) is 17.8. The highest BCUT2D eigenvalue weighted by Crippen LogP contribution is 2.51. The average molecular weight is 411 g/mol. The maximum atomic E-state index is 12.2. The summed E-state index contributed by atoms with van der Waals surface area (Å²) in [7, 11) is -1.30. The van der Waals surface area contributed by atoms with E-state index in [1.54, 1.807) is 5.56 Å². The second-order valence-corrected chi connectivity index (χ2v) is 11.3. The number of rotatable bonds is 5. The van der Waals surface area contributed by atoms with Gasteiger partial charge in [-0.25, -0.2) is 4.21 Å². The third-order valence-corrected chi connectivity index (χ3v) is 8.63. The largest absolute Gasteiger partial charge is 0.299 e. The minimum atomic E-state index is -1.30. The lowest BCUT2D eigenvalue weighted by molar-refractivity contribution is 0.0879. The quantitative estimate of drug-likeness (QED) is 0.785. The van der Waals surface area contributed by atoms with Gasteiger partial charge in [0.2, 0.25) is 0 Å². The molecule has 0 radical (unpaired) electrons. The lowest BCUT2D eigenvalue weighted by Crippen LogP contribution is -2.51. The van der Waals surface area contributed by atoms with E-state index in [4.69, 9.17) is 5.14 Å². The van der Waals surface area contributed by atoms with Gasteiger partial charge in [-0.05, 0) is 81.6 Å². The van der Waals surface area contributed by atoms with Crippen LogP contribution in [0.4, 0.5) is 0 Å². The van der Waals surface area contributed by atoms with Gasteiger partial charge in [0.05, 0.1) is 15.7 Å². The number of likely N-dealkylation sites (tertiary alicyclic amines) is 1. The standard InChI is InChI=1S/C25H34N2OS/c1-24(2,29(26)28)18-22-13-12-21-10-6-7-11-23(21)25(22)14-16-27(17-15-25)19-20-8-4-3-5-9-20/h3-11,22H,12-19,26H2,1-2H3/t22-,29?/m1/s1. The summed E-state index contributed by atoms with van der Waals surface area (Å²) >= 11 is 0. The van der Waals surface area contributed by atoms with Gasteiger partial charge < -0.3 is 0 Å². The molecule has 0 amide bonds. The molecule has 2 atom stereocenters. The van der Waals surface area contributed by atoms with Crippen LogP contribution in [0, 0.1) is 5.92 Å². The van der Waals surface area contributed by atoms with Crippen molar-refractivity contribution < 1.29 is 4.21 Å². The zero-order chi connectivity index (χ0) is 20.5. The smallest absolute Gasteiger partial charge is 0.0945 e. The van der Waals surface area contributed by atoms with Crippen molar-refractivity contribution in [1.82, 2.24) is 4.90 Å². The fourth-order valence-electron chi connectivity index (χ4n) is 5.65. The van der Waals surface area contributed by atoms with Gasteiger partial charge in [-0.1, -0.05) is 54.6 Å². The summed E-state index contributed by atoms with van der Waals surface area (Å²) < 4.78 is 11.8. The number of hydrogen-bond acceptors (Lipinski definition) is 2. The summed E-state index contributed by atoms with van der Waals surface area (Å²) in [5.41, 5.74) is 4.66. The van der Waals surface area contributed by atoms with Gasteiger partial charge >= 0.3 is 0 Å². The second kappa shape index (κ2) is 8.33. The van der Waals surface area contributed by atoms with Crippen LogP contribution >= 0.6 is 0 Å². The van der Waals surface area contributed by atoms with Crippen LogP contribution in [0.25, 0.3) is 0 Å². The lowest BCUT2D eigenvalue weighted by atomic mass is 9.57. The van der Waals surface area contributed by atoms with Crippen molar-refractivity contribution in [1.29, 1.82) is 0 Å². The van der Waals surface area contributed by atoms with Gasteiger partial charge in [-0.15, -0.1) is 0 Å². The maximum Gasteiger partial charge on any atom is 0.0945 e. The Labute approximate surface area is 178 Å². The molecule has 4 rings (SSSR count). The molecule has 1 fully saturated rings. The molecular formula is C25H34N2OS. The number of aryl methyl sites for hydroxylation is 1. The number of benzene rings is 2. The van der Waals surface area contributed by atoms with E-state index in [1.807, 2.05) is 0 Å². The Morgan fingerprint density at radius 3 is 2.41 bits per heavy atom. The van der Waals surface area contributed by atoms with Crippen molar-refractivity contribution in [3.8, 4) is 0 Å². The van der Waals surface area contributed by atoms with Gasteiger partial charge in [-0.2, -0.15) is 0 Å². The predicted molar refractivity (Wildman–Crippen MR) is 122 cm³/mol. The van der Waals surface area contributed by atoms with Gasteiger partial charge in [0.25, 0.3) is 0 Å². The molecule has 2 N–H and O–H groups in total. The van der Waals surface area contributed by atoms with Crippen molar-refractivity contribution in [2.24, 2.45) is 11.1 Å². The molecule has 29 heavy (non-hydrogen) atoms. The molecule has 2 aromatic rings. The average Bonchev–Trinajstić information content (AvgIpc) is 2.72. The van der Waals surface area contributed by atoms with E-state index >= 15 is 0 Å². The first-order valence-corrected chi connectivity index (χ1v) is 12.1. The van der Waals surface area contributed by atoms with Crippen LogP contribution in [0.2, 0.25) is 0 Å². The molecule has 1 saturated heterocycles. The van der Waals surface area contributed by atoms with Crippen LogP contribution in [0.3, 0.4) is 0 Å². The van der Waals surface area contributed by atoms with Gasteiger partial charge in [0, 0.05) is 12.0 Å². The van der Waals surface area contributed by atoms with Gasteiger partial charge in [-0.3, -0.25) is 10.0 Å². The van der Waals surface area contributed by atoms with E-state index in [2.05, 4.69) is 73.3 Å². The predicted octanol–water partition coefficient (Wildman–Crippen LogP) is 4.57. The minimum Gasteiger partial charge on any atom is -0.299 e. The van der Waals surface area contributed by atoms with Crippen molar-refractivity contribution in [2.75, 3.05) is 13.1 Å². The molecule has 156 valence electrons. The van der Waals surface area contributed by atoms with Crippen LogP contribution < -0.4 is 5.14 Å². The third kappa shape index (κ3) is 4.21. The van der Waals surface area contributed by atoms with Crippen LogP contribution in [0.15, 0.2) is 54.6 Å². The van der Waals surface area contributed by atoms with E-state index in [-0.39, 0.29) is 10.2 Å². The van der Waals surface area contributed by atoms with Crippen molar-refractivity contribution >= 4 is 11.0 Å². The molecule has 1 aliphatic carbocycles. The van der Waals surface area contributed by atoms with E-state index in [0.717, 1.165) is 32.5 Å². The summed E-state index contributed by atoms with van der Waals surface area (Å²) in [4.78, 5) is 2.60. The molecule has 0 saturated carbocycles. The topological polar surface area (TPSA) is 46.3 Å². The van der Waals surface area contributed by atoms with E-state index in [1.165, 1.54) is 30.4 Å². The first kappa shape index (κ1) is 20.8. The van der Waals surface area contributed by atoms with Crippen LogP contribution in [-0.2, 0) is 29.4 Å². The SMILES string of the molecule is CC(C)(C[C@H]1CCc2ccccc2C12CCN(Cc1ccccc1)CC2)S(N)=O. The fourth-order valence-corrected chi connectivity index (χ4v) is 6.02. The van der Waals surface area contributed by atoms with Crippen LogP contribution in [0.1, 0.15) is 56.2 Å². The summed E-state index contributed by atoms with van der Waals surface area (Å²) in [5.74, 6) is 0.541. The van der Waals surface area contributed by atoms with Crippen molar-refractivity contribution in [2.45, 2.75) is 62.7 Å². The number of nitrogens with two attached hydrogens (primary N) is 1. The highest BCUT2D eigenvalue weighted by Gasteiger charge is 2.47. The van der Waals surface area contributed by atoms with Crippen LogP contribution in [0.5, 0.6) is 0 Å². The maximum absolute atomic E-state index is 12.2. The third-order valence-electron chi connectivity index (χ3n) is 7.38. The van der Waals surface area contributed by atoms with Gasteiger partial charge in [0.15, 0.2) is 0 Å². The van der Waals surface area contributed by atoms with Crippen LogP contribution in [-0.4, -0.2) is 26.9 Å². The van der Waals surface area contributed by atoms with E-state index in [0.29, 0.717) is 5.92 Å². The molecule has 1 heterocycles. The Hall–Kier alpha value is -1.49. The molecule has 3 nitrogen and oxygen atoms in total. The Bertz CT molecular complexity index is 856. The van der Waals surface area contributed by atoms with Gasteiger partial charge in [0.1, 0.15) is 0 Å². The van der Waals surface area contributed by atoms with E-state index < -0.39 is 11.0 Å². The Kier molecular flexibility index (Phi) is 5.97. The minimum absolute atomic E-state index is 0.193. The summed E-state index contributed by atoms with van der Waals surface area (Å²) in [6.07, 6.45) is 5.59. The molecule has 1 unspecified atom stereocenters. The molecule has 4 heteroatoms. The molecule has 1 spiro atoms. The molecular weight excluding hydrogens is 376 g/mol. The molecule has 0 aromatic heterocycles. The first-order valence-electron chi connectivity index (χ1n) is 10.9. The fraction of sp³-hybridized carbons (Fsp3) is 0.520. The first-order chi connectivity index (χ1) is 13.9. The normalized spacial score (nSPS) is 22.9. The second-order valence-electron chi connectivity index (χ2n) is 9.57. The number of fused-ring (bicyclic) bond motifs is 2. The number of nitrogens with zero attached hydrogens (tertiary/aromatic N) is 1. The summed E-state index contributed by atoms with van der Waals surface area (Å²) in [5, 5.41) is 5.87. The zero-order valence-corrected chi connectivity index (χ0v) is 18.6. The number of piperidine rings is 1. The van der Waals surface area contributed by atoms with E-state index in [9.17, 15) is 4.21 Å². The highest BCUT2D eigenvalue weighted by molar-refractivity contribution is 7.84. The summed E-state index contributed by atoms with van der Waals surface area (Å²) in [6, 6.07) is 19.8. The highest BCUT2D eigenvalue weighted by atomic mass is 32.2. The Morgan fingerprint density at radius 1 is 1.07 bits per heavy atom. The molecule has 2 aromatic carbocycles. The summed E-state index contributed by atoms with van der Waals surface area (Å²) in [6.45, 7) is 7.41. The Morgan fingerprint density at radius 2 is 1.72 bits per heavy atom. The van der Waals surface area contributed by atoms with Crippen molar-refractivity contribution in [3.05, 3.63) is 71.3 Å². The number of hydrogen-bond donors (Lipinski definition) is 1. The molecule has 2 aliphatic rings. The van der Waals surface area contributed by atoms with Crippen molar-refractivity contribution in [3.63, 3.8) is 0 Å². The monoisotopic (exact) mass is 410 g/mol. The lowest BCUT2D eigenvalue weighted by Gasteiger charge is -2.52.